The van der Waals surface area contributed by atoms with Crippen LogP contribution >= 0.6 is 0 Å². The topological polar surface area (TPSA) is 66.9 Å². The van der Waals surface area contributed by atoms with Crippen LogP contribution in [0.25, 0.3) is 11.0 Å². The highest BCUT2D eigenvalue weighted by Gasteiger charge is 2.33. The van der Waals surface area contributed by atoms with Crippen molar-refractivity contribution in [2.24, 2.45) is 5.92 Å². The summed E-state index contributed by atoms with van der Waals surface area (Å²) in [5.41, 5.74) is 0.818. The Bertz CT molecular complexity index is 943. The lowest BCUT2D eigenvalue weighted by Crippen LogP contribution is -2.46. The monoisotopic (exact) mass is 380 g/mol. The van der Waals surface area contributed by atoms with E-state index < -0.39 is 0 Å². The molecule has 3 heterocycles. The zero-order valence-corrected chi connectivity index (χ0v) is 16.1. The number of carbonyl (C=O) groups excluding carboxylic acids is 2. The zero-order valence-electron chi connectivity index (χ0n) is 16.1. The molecule has 0 radical (unpaired) electrons. The van der Waals surface area contributed by atoms with E-state index in [1.807, 2.05) is 37.3 Å². The first kappa shape index (κ1) is 18.3. The molecule has 2 aromatic heterocycles. The molecule has 0 spiro atoms. The number of amides is 2. The largest absolute Gasteiger partial charge is 0.459 e. The van der Waals surface area contributed by atoms with Crippen molar-refractivity contribution in [3.8, 4) is 0 Å². The highest BCUT2D eigenvalue weighted by molar-refractivity contribution is 5.92. The Labute approximate surface area is 163 Å². The van der Waals surface area contributed by atoms with Gasteiger partial charge in [-0.25, -0.2) is 0 Å². The van der Waals surface area contributed by atoms with Crippen LogP contribution in [0.5, 0.6) is 0 Å². The number of fused-ring (bicyclic) bond motifs is 1. The van der Waals surface area contributed by atoms with Gasteiger partial charge in [0.25, 0.3) is 5.91 Å². The molecule has 146 valence electrons. The third-order valence-electron chi connectivity index (χ3n) is 5.57. The summed E-state index contributed by atoms with van der Waals surface area (Å²) in [5, 5.41) is 1.03. The summed E-state index contributed by atoms with van der Waals surface area (Å²) in [5.74, 6) is 0.735. The van der Waals surface area contributed by atoms with Gasteiger partial charge in [-0.15, -0.1) is 0 Å². The van der Waals surface area contributed by atoms with E-state index in [1.54, 1.807) is 29.0 Å². The highest BCUT2D eigenvalue weighted by atomic mass is 16.3. The predicted molar refractivity (Wildman–Crippen MR) is 105 cm³/mol. The van der Waals surface area contributed by atoms with Crippen molar-refractivity contribution in [3.05, 3.63) is 60.2 Å². The predicted octanol–water partition coefficient (Wildman–Crippen LogP) is 4.10. The summed E-state index contributed by atoms with van der Waals surface area (Å²) in [6.45, 7) is 3.02. The van der Waals surface area contributed by atoms with Gasteiger partial charge < -0.3 is 18.6 Å². The van der Waals surface area contributed by atoms with E-state index in [1.165, 1.54) is 6.26 Å². The molecule has 6 heteroatoms. The molecule has 0 N–H and O–H groups in total. The highest BCUT2D eigenvalue weighted by Crippen LogP contribution is 2.29. The lowest BCUT2D eigenvalue weighted by Gasteiger charge is -2.35. The molecule has 1 fully saturated rings. The van der Waals surface area contributed by atoms with E-state index >= 15 is 0 Å². The average molecular weight is 380 g/mol. The van der Waals surface area contributed by atoms with Crippen LogP contribution in [-0.2, 0) is 4.79 Å². The molecule has 4 rings (SSSR count). The first-order chi connectivity index (χ1) is 13.5. The third-order valence-corrected chi connectivity index (χ3v) is 5.57. The Morgan fingerprint density at radius 3 is 2.79 bits per heavy atom. The molecule has 2 amide bonds. The molecule has 0 saturated carbocycles. The van der Waals surface area contributed by atoms with Crippen molar-refractivity contribution in [2.45, 2.75) is 25.8 Å². The number of piperidine rings is 1. The minimum absolute atomic E-state index is 0.0323. The van der Waals surface area contributed by atoms with Crippen molar-refractivity contribution in [3.63, 3.8) is 0 Å². The van der Waals surface area contributed by atoms with Crippen molar-refractivity contribution in [2.75, 3.05) is 20.1 Å². The molecule has 1 saturated heterocycles. The standard InChI is InChI=1S/C22H24N2O4/c1-15(20-13-16-7-3-4-9-18(16)28-20)23(2)21(25)17-8-5-11-24(14-17)22(26)19-10-6-12-27-19/h3-4,6-7,9-10,12-13,15,17H,5,8,11,14H2,1-2H3. The zero-order chi connectivity index (χ0) is 19.7. The number of carbonyl (C=O) groups is 2. The Kier molecular flexibility index (Phi) is 4.94. The lowest BCUT2D eigenvalue weighted by molar-refractivity contribution is -0.137. The van der Waals surface area contributed by atoms with E-state index in [2.05, 4.69) is 0 Å². The van der Waals surface area contributed by atoms with E-state index in [9.17, 15) is 9.59 Å². The van der Waals surface area contributed by atoms with Crippen LogP contribution in [0.4, 0.5) is 0 Å². The summed E-state index contributed by atoms with van der Waals surface area (Å²) >= 11 is 0. The lowest BCUT2D eigenvalue weighted by atomic mass is 9.95. The second-order valence-electron chi connectivity index (χ2n) is 7.38. The van der Waals surface area contributed by atoms with Gasteiger partial charge >= 0.3 is 0 Å². The van der Waals surface area contributed by atoms with Gasteiger partial charge in [0.1, 0.15) is 11.3 Å². The van der Waals surface area contributed by atoms with Gasteiger partial charge in [-0.1, -0.05) is 18.2 Å². The van der Waals surface area contributed by atoms with Gasteiger partial charge in [-0.05, 0) is 44.0 Å². The molecule has 2 unspecified atom stereocenters. The maximum atomic E-state index is 13.1. The number of benzene rings is 1. The molecule has 2 atom stereocenters. The molecule has 1 aliphatic heterocycles. The molecule has 6 nitrogen and oxygen atoms in total. The number of hydrogen-bond acceptors (Lipinski definition) is 4. The van der Waals surface area contributed by atoms with Gasteiger partial charge in [0, 0.05) is 25.5 Å². The summed E-state index contributed by atoms with van der Waals surface area (Å²) in [6.07, 6.45) is 3.07. The van der Waals surface area contributed by atoms with E-state index in [4.69, 9.17) is 8.83 Å². The van der Waals surface area contributed by atoms with Crippen LogP contribution in [0.1, 0.15) is 42.1 Å². The fourth-order valence-corrected chi connectivity index (χ4v) is 3.80. The second-order valence-corrected chi connectivity index (χ2v) is 7.38. The van der Waals surface area contributed by atoms with Crippen LogP contribution in [0.2, 0.25) is 0 Å². The summed E-state index contributed by atoms with van der Waals surface area (Å²) in [4.78, 5) is 29.1. The van der Waals surface area contributed by atoms with Gasteiger partial charge in [0.05, 0.1) is 18.2 Å². The van der Waals surface area contributed by atoms with E-state index in [0.29, 0.717) is 18.8 Å². The number of furan rings is 2. The second kappa shape index (κ2) is 7.54. The maximum absolute atomic E-state index is 13.1. The molecule has 1 aliphatic rings. The number of rotatable bonds is 4. The Balaban J connectivity index is 1.45. The average Bonchev–Trinajstić information content (AvgIpc) is 3.41. The molecule has 3 aromatic rings. The summed E-state index contributed by atoms with van der Waals surface area (Å²) in [6, 6.07) is 13.0. The fourth-order valence-electron chi connectivity index (χ4n) is 3.80. The SMILES string of the molecule is CC(c1cc2ccccc2o1)N(C)C(=O)C1CCCN(C(=O)c2ccco2)C1. The molecule has 0 bridgehead atoms. The van der Waals surface area contributed by atoms with Crippen LogP contribution in [-0.4, -0.2) is 41.8 Å². The van der Waals surface area contributed by atoms with Crippen LogP contribution in [0, 0.1) is 5.92 Å². The number of nitrogens with zero attached hydrogens (tertiary/aromatic N) is 2. The Morgan fingerprint density at radius 2 is 2.04 bits per heavy atom. The summed E-state index contributed by atoms with van der Waals surface area (Å²) in [7, 11) is 1.80. The Morgan fingerprint density at radius 1 is 1.21 bits per heavy atom. The normalized spacial score (nSPS) is 18.2. The molecule has 28 heavy (non-hydrogen) atoms. The molecular weight excluding hydrogens is 356 g/mol. The maximum Gasteiger partial charge on any atom is 0.289 e. The van der Waals surface area contributed by atoms with Crippen LogP contribution in [0.15, 0.2) is 57.6 Å². The quantitative estimate of drug-likeness (QED) is 0.683. The number of likely N-dealkylation sites (tertiary alicyclic amines) is 1. The molecular formula is C22H24N2O4. The minimum Gasteiger partial charge on any atom is -0.459 e. The van der Waals surface area contributed by atoms with Crippen molar-refractivity contribution in [1.29, 1.82) is 0 Å². The first-order valence-corrected chi connectivity index (χ1v) is 9.62. The van der Waals surface area contributed by atoms with Crippen molar-refractivity contribution < 1.29 is 18.4 Å². The van der Waals surface area contributed by atoms with Crippen LogP contribution < -0.4 is 0 Å². The Hall–Kier alpha value is -3.02. The number of hydrogen-bond donors (Lipinski definition) is 0. The van der Waals surface area contributed by atoms with Crippen molar-refractivity contribution >= 4 is 22.8 Å². The molecule has 1 aromatic carbocycles. The number of para-hydroxylation sites is 1. The fraction of sp³-hybridized carbons (Fsp3) is 0.364. The molecule has 0 aliphatic carbocycles. The summed E-state index contributed by atoms with van der Waals surface area (Å²) < 4.78 is 11.1. The van der Waals surface area contributed by atoms with E-state index in [0.717, 1.165) is 29.6 Å². The van der Waals surface area contributed by atoms with Gasteiger partial charge in [-0.3, -0.25) is 9.59 Å². The first-order valence-electron chi connectivity index (χ1n) is 9.62. The smallest absolute Gasteiger partial charge is 0.289 e. The third kappa shape index (κ3) is 3.42. The van der Waals surface area contributed by atoms with E-state index in [-0.39, 0.29) is 23.8 Å². The van der Waals surface area contributed by atoms with Gasteiger partial charge in [-0.2, -0.15) is 0 Å². The van der Waals surface area contributed by atoms with Gasteiger partial charge in [0.2, 0.25) is 5.91 Å². The minimum atomic E-state index is -0.218. The van der Waals surface area contributed by atoms with Crippen LogP contribution in [0.3, 0.4) is 0 Å². The van der Waals surface area contributed by atoms with Gasteiger partial charge in [0.15, 0.2) is 5.76 Å². The van der Waals surface area contributed by atoms with Crippen molar-refractivity contribution in [1.82, 2.24) is 9.80 Å².